The van der Waals surface area contributed by atoms with Crippen LogP contribution < -0.4 is 10.0 Å². The summed E-state index contributed by atoms with van der Waals surface area (Å²) in [6.07, 6.45) is -0.0823. The SMILES string of the molecule is Cc1ccc(C)c(S(=O)(=O)N[C@H]2CNCC[C@H]2O)c1. The molecule has 106 valence electrons. The maximum atomic E-state index is 12.4. The summed E-state index contributed by atoms with van der Waals surface area (Å²) in [6.45, 7) is 4.78. The highest BCUT2D eigenvalue weighted by Gasteiger charge is 2.28. The monoisotopic (exact) mass is 284 g/mol. The van der Waals surface area contributed by atoms with Crippen molar-refractivity contribution < 1.29 is 13.5 Å². The van der Waals surface area contributed by atoms with Crippen molar-refractivity contribution in [2.24, 2.45) is 0 Å². The number of piperidine rings is 1. The highest BCUT2D eigenvalue weighted by Crippen LogP contribution is 2.18. The molecule has 2 atom stereocenters. The number of hydrogen-bond acceptors (Lipinski definition) is 4. The van der Waals surface area contributed by atoms with Gasteiger partial charge in [-0.05, 0) is 44.0 Å². The van der Waals surface area contributed by atoms with Crippen LogP contribution in [0.5, 0.6) is 0 Å². The van der Waals surface area contributed by atoms with E-state index >= 15 is 0 Å². The molecule has 1 aliphatic rings. The van der Waals surface area contributed by atoms with Gasteiger partial charge in [0.25, 0.3) is 0 Å². The van der Waals surface area contributed by atoms with Gasteiger partial charge >= 0.3 is 0 Å². The highest BCUT2D eigenvalue weighted by atomic mass is 32.2. The van der Waals surface area contributed by atoms with Gasteiger partial charge in [-0.2, -0.15) is 0 Å². The molecule has 19 heavy (non-hydrogen) atoms. The van der Waals surface area contributed by atoms with Crippen molar-refractivity contribution in [1.82, 2.24) is 10.0 Å². The van der Waals surface area contributed by atoms with Crippen LogP contribution in [0, 0.1) is 13.8 Å². The Kier molecular flexibility index (Phi) is 4.25. The van der Waals surface area contributed by atoms with Crippen LogP contribution in [0.1, 0.15) is 17.5 Å². The van der Waals surface area contributed by atoms with Crippen molar-refractivity contribution in [1.29, 1.82) is 0 Å². The zero-order valence-corrected chi connectivity index (χ0v) is 12.0. The predicted molar refractivity (Wildman–Crippen MR) is 73.5 cm³/mol. The zero-order valence-electron chi connectivity index (χ0n) is 11.2. The number of aliphatic hydroxyl groups excluding tert-OH is 1. The Balaban J connectivity index is 2.24. The van der Waals surface area contributed by atoms with E-state index in [1.807, 2.05) is 13.0 Å². The van der Waals surface area contributed by atoms with Gasteiger partial charge in [-0.15, -0.1) is 0 Å². The highest BCUT2D eigenvalue weighted by molar-refractivity contribution is 7.89. The second-order valence-electron chi connectivity index (χ2n) is 5.06. The van der Waals surface area contributed by atoms with Gasteiger partial charge in [0.1, 0.15) is 0 Å². The van der Waals surface area contributed by atoms with Crippen molar-refractivity contribution >= 4 is 10.0 Å². The third-order valence-electron chi connectivity index (χ3n) is 3.39. The molecule has 1 saturated heterocycles. The largest absolute Gasteiger partial charge is 0.391 e. The lowest BCUT2D eigenvalue weighted by Gasteiger charge is -2.29. The molecule has 0 aliphatic carbocycles. The van der Waals surface area contributed by atoms with Crippen molar-refractivity contribution in [3.8, 4) is 0 Å². The first-order valence-corrected chi connectivity index (χ1v) is 7.87. The molecule has 3 N–H and O–H groups in total. The first-order valence-electron chi connectivity index (χ1n) is 6.38. The van der Waals surface area contributed by atoms with E-state index in [1.54, 1.807) is 19.1 Å². The maximum absolute atomic E-state index is 12.4. The minimum absolute atomic E-state index is 0.283. The van der Waals surface area contributed by atoms with E-state index in [-0.39, 0.29) is 4.90 Å². The van der Waals surface area contributed by atoms with Crippen LogP contribution in [-0.4, -0.2) is 38.8 Å². The van der Waals surface area contributed by atoms with Crippen LogP contribution >= 0.6 is 0 Å². The van der Waals surface area contributed by atoms with Crippen LogP contribution in [-0.2, 0) is 10.0 Å². The number of benzene rings is 1. The second-order valence-corrected chi connectivity index (χ2v) is 6.74. The Hall–Kier alpha value is -0.950. The molecule has 1 aromatic rings. The molecule has 0 bridgehead atoms. The van der Waals surface area contributed by atoms with E-state index in [0.29, 0.717) is 25.1 Å². The van der Waals surface area contributed by atoms with Crippen LogP contribution in [0.4, 0.5) is 0 Å². The fourth-order valence-corrected chi connectivity index (χ4v) is 3.82. The van der Waals surface area contributed by atoms with Crippen molar-refractivity contribution in [3.05, 3.63) is 29.3 Å². The fourth-order valence-electron chi connectivity index (χ4n) is 2.22. The molecule has 0 amide bonds. The number of hydrogen-bond donors (Lipinski definition) is 3. The standard InChI is InChI=1S/C13H20N2O3S/c1-9-3-4-10(2)13(7-9)19(17,18)15-11-8-14-6-5-12(11)16/h3-4,7,11-12,14-16H,5-6,8H2,1-2H3/t11-,12+/m0/s1. The Morgan fingerprint density at radius 3 is 2.79 bits per heavy atom. The summed E-state index contributed by atoms with van der Waals surface area (Å²) in [4.78, 5) is 0.283. The molecule has 0 unspecified atom stereocenters. The third kappa shape index (κ3) is 3.33. The summed E-state index contributed by atoms with van der Waals surface area (Å²) < 4.78 is 27.3. The summed E-state index contributed by atoms with van der Waals surface area (Å²) in [7, 11) is -3.60. The maximum Gasteiger partial charge on any atom is 0.241 e. The average molecular weight is 284 g/mol. The lowest BCUT2D eigenvalue weighted by Crippen LogP contribution is -2.53. The molecule has 2 rings (SSSR count). The predicted octanol–water partition coefficient (Wildman–Crippen LogP) is 0.305. The van der Waals surface area contributed by atoms with Crippen molar-refractivity contribution in [2.45, 2.75) is 37.3 Å². The Labute approximate surface area is 114 Å². The Morgan fingerprint density at radius 1 is 1.37 bits per heavy atom. The summed E-state index contributed by atoms with van der Waals surface area (Å²) in [5, 5.41) is 12.9. The molecule has 1 aromatic carbocycles. The van der Waals surface area contributed by atoms with E-state index in [9.17, 15) is 13.5 Å². The van der Waals surface area contributed by atoms with Gasteiger partial charge in [-0.3, -0.25) is 0 Å². The van der Waals surface area contributed by atoms with Gasteiger partial charge in [-0.25, -0.2) is 13.1 Å². The topological polar surface area (TPSA) is 78.4 Å². The van der Waals surface area contributed by atoms with Gasteiger partial charge in [-0.1, -0.05) is 12.1 Å². The van der Waals surface area contributed by atoms with Gasteiger partial charge in [0, 0.05) is 6.54 Å². The van der Waals surface area contributed by atoms with E-state index in [1.165, 1.54) is 0 Å². The molecular weight excluding hydrogens is 264 g/mol. The Bertz CT molecular complexity index is 557. The lowest BCUT2D eigenvalue weighted by molar-refractivity contribution is 0.109. The normalized spacial score (nSPS) is 24.4. The minimum atomic E-state index is -3.60. The third-order valence-corrected chi connectivity index (χ3v) is 5.02. The van der Waals surface area contributed by atoms with Crippen LogP contribution in [0.3, 0.4) is 0 Å². The molecule has 1 fully saturated rings. The molecule has 6 heteroatoms. The van der Waals surface area contributed by atoms with Crippen LogP contribution in [0.25, 0.3) is 0 Å². The number of nitrogens with one attached hydrogen (secondary N) is 2. The molecule has 5 nitrogen and oxygen atoms in total. The number of rotatable bonds is 3. The summed E-state index contributed by atoms with van der Waals surface area (Å²) >= 11 is 0. The molecular formula is C13H20N2O3S. The molecule has 1 aliphatic heterocycles. The molecule has 0 aromatic heterocycles. The van der Waals surface area contributed by atoms with E-state index < -0.39 is 22.2 Å². The smallest absolute Gasteiger partial charge is 0.241 e. The van der Waals surface area contributed by atoms with Gasteiger partial charge in [0.05, 0.1) is 17.0 Å². The zero-order chi connectivity index (χ0) is 14.0. The van der Waals surface area contributed by atoms with Crippen molar-refractivity contribution in [3.63, 3.8) is 0 Å². The second kappa shape index (κ2) is 5.58. The fraction of sp³-hybridized carbons (Fsp3) is 0.538. The number of aliphatic hydroxyl groups is 1. The van der Waals surface area contributed by atoms with Gasteiger partial charge in [0.15, 0.2) is 0 Å². The molecule has 1 heterocycles. The number of aryl methyl sites for hydroxylation is 2. The Morgan fingerprint density at radius 2 is 2.11 bits per heavy atom. The summed E-state index contributed by atoms with van der Waals surface area (Å²) in [5.74, 6) is 0. The summed E-state index contributed by atoms with van der Waals surface area (Å²) in [6, 6.07) is 4.85. The van der Waals surface area contributed by atoms with Crippen LogP contribution in [0.2, 0.25) is 0 Å². The van der Waals surface area contributed by atoms with E-state index in [0.717, 1.165) is 5.56 Å². The lowest BCUT2D eigenvalue weighted by atomic mass is 10.1. The van der Waals surface area contributed by atoms with E-state index in [4.69, 9.17) is 0 Å². The minimum Gasteiger partial charge on any atom is -0.391 e. The molecule has 0 radical (unpaired) electrons. The van der Waals surface area contributed by atoms with Gasteiger partial charge < -0.3 is 10.4 Å². The van der Waals surface area contributed by atoms with E-state index in [2.05, 4.69) is 10.0 Å². The van der Waals surface area contributed by atoms with Crippen LogP contribution in [0.15, 0.2) is 23.1 Å². The van der Waals surface area contributed by atoms with Crippen molar-refractivity contribution in [2.75, 3.05) is 13.1 Å². The molecule has 0 spiro atoms. The average Bonchev–Trinajstić information content (AvgIpc) is 2.35. The summed E-state index contributed by atoms with van der Waals surface area (Å²) in [5.41, 5.74) is 1.60. The molecule has 0 saturated carbocycles. The van der Waals surface area contributed by atoms with Gasteiger partial charge in [0.2, 0.25) is 10.0 Å². The first kappa shape index (κ1) is 14.5. The quantitative estimate of drug-likeness (QED) is 0.746. The number of sulfonamides is 1. The first-order chi connectivity index (χ1) is 8.90.